The van der Waals surface area contributed by atoms with Crippen LogP contribution in [0.15, 0.2) is 30.5 Å². The number of piperidine rings is 1. The summed E-state index contributed by atoms with van der Waals surface area (Å²) in [6, 6.07) is 8.11. The zero-order chi connectivity index (χ0) is 18.3. The highest BCUT2D eigenvalue weighted by Gasteiger charge is 2.34. The largest absolute Gasteiger partial charge is 0.454 e. The van der Waals surface area contributed by atoms with E-state index in [2.05, 4.69) is 19.1 Å². The molecule has 2 aliphatic heterocycles. The molecule has 5 nitrogen and oxygen atoms in total. The van der Waals surface area contributed by atoms with E-state index in [9.17, 15) is 4.79 Å². The maximum Gasteiger partial charge on any atom is 0.255 e. The Bertz CT molecular complexity index is 842. The molecule has 0 aliphatic carbocycles. The summed E-state index contributed by atoms with van der Waals surface area (Å²) in [5.41, 5.74) is 3.16. The highest BCUT2D eigenvalue weighted by Crippen LogP contribution is 2.38. The molecule has 1 saturated heterocycles. The second-order valence-corrected chi connectivity index (χ2v) is 7.93. The van der Waals surface area contributed by atoms with Crippen LogP contribution in [0.5, 0.6) is 11.5 Å². The molecule has 1 aromatic heterocycles. The molecule has 3 heterocycles. The lowest BCUT2D eigenvalue weighted by Crippen LogP contribution is -2.45. The third kappa shape index (κ3) is 3.06. The molecule has 0 radical (unpaired) electrons. The first-order valence-electron chi connectivity index (χ1n) is 9.25. The standard InChI is InChI=1S/C21H26N2O3/c1-15-17(7-10-22(15)3)20(24)23-9-4-8-21(2,13-23)12-16-5-6-18-19(11-16)26-14-25-18/h5-7,10-11H,4,8-9,12-14H2,1-3H3. The number of carbonyl (C=O) groups is 1. The molecule has 0 N–H and O–H groups in total. The second-order valence-electron chi connectivity index (χ2n) is 7.93. The maximum atomic E-state index is 13.0. The van der Waals surface area contributed by atoms with E-state index >= 15 is 0 Å². The minimum Gasteiger partial charge on any atom is -0.454 e. The molecule has 5 heteroatoms. The molecule has 1 fully saturated rings. The number of amides is 1. The molecule has 0 bridgehead atoms. The smallest absolute Gasteiger partial charge is 0.255 e. The van der Waals surface area contributed by atoms with Crippen molar-refractivity contribution in [3.05, 3.63) is 47.3 Å². The van der Waals surface area contributed by atoms with E-state index in [1.165, 1.54) is 5.56 Å². The fourth-order valence-electron chi connectivity index (χ4n) is 4.18. The normalized spacial score (nSPS) is 21.9. The zero-order valence-corrected chi connectivity index (χ0v) is 15.7. The molecule has 0 saturated carbocycles. The van der Waals surface area contributed by atoms with Gasteiger partial charge in [-0.05, 0) is 55.4 Å². The Balaban J connectivity index is 1.50. The van der Waals surface area contributed by atoms with Crippen LogP contribution >= 0.6 is 0 Å². The number of benzene rings is 1. The van der Waals surface area contributed by atoms with E-state index < -0.39 is 0 Å². The number of aryl methyl sites for hydroxylation is 1. The van der Waals surface area contributed by atoms with E-state index in [-0.39, 0.29) is 11.3 Å². The first-order valence-corrected chi connectivity index (χ1v) is 9.25. The Morgan fingerprint density at radius 3 is 2.81 bits per heavy atom. The molecule has 2 aliphatic rings. The number of hydrogen-bond donors (Lipinski definition) is 0. The van der Waals surface area contributed by atoms with Gasteiger partial charge in [0.15, 0.2) is 11.5 Å². The fourth-order valence-corrected chi connectivity index (χ4v) is 4.18. The molecule has 1 atom stereocenters. The molecule has 1 aromatic carbocycles. The topological polar surface area (TPSA) is 43.7 Å². The number of carbonyl (C=O) groups excluding carboxylic acids is 1. The van der Waals surface area contributed by atoms with Crippen molar-refractivity contribution in [1.82, 2.24) is 9.47 Å². The van der Waals surface area contributed by atoms with Gasteiger partial charge >= 0.3 is 0 Å². The first kappa shape index (κ1) is 17.0. The van der Waals surface area contributed by atoms with Gasteiger partial charge in [0.2, 0.25) is 6.79 Å². The van der Waals surface area contributed by atoms with E-state index in [0.29, 0.717) is 6.79 Å². The van der Waals surface area contributed by atoms with Gasteiger partial charge in [0.1, 0.15) is 0 Å². The summed E-state index contributed by atoms with van der Waals surface area (Å²) in [6.45, 7) is 6.21. The summed E-state index contributed by atoms with van der Waals surface area (Å²) in [5.74, 6) is 1.80. The van der Waals surface area contributed by atoms with Gasteiger partial charge in [0.05, 0.1) is 5.56 Å². The minimum atomic E-state index is 0.0737. The van der Waals surface area contributed by atoms with Gasteiger partial charge in [0.25, 0.3) is 5.91 Å². The van der Waals surface area contributed by atoms with E-state index in [1.54, 1.807) is 0 Å². The fraction of sp³-hybridized carbons (Fsp3) is 0.476. The van der Waals surface area contributed by atoms with Gasteiger partial charge in [0, 0.05) is 32.0 Å². The molecule has 4 rings (SSSR count). The Labute approximate surface area is 154 Å². The third-order valence-corrected chi connectivity index (χ3v) is 5.75. The van der Waals surface area contributed by atoms with Crippen LogP contribution < -0.4 is 9.47 Å². The quantitative estimate of drug-likeness (QED) is 0.847. The number of rotatable bonds is 3. The summed E-state index contributed by atoms with van der Waals surface area (Å²) in [7, 11) is 1.98. The average molecular weight is 354 g/mol. The molecule has 138 valence electrons. The molecule has 1 unspecified atom stereocenters. The van der Waals surface area contributed by atoms with Crippen LogP contribution in [-0.4, -0.2) is 35.3 Å². The Hall–Kier alpha value is -2.43. The minimum absolute atomic E-state index is 0.0737. The van der Waals surface area contributed by atoms with E-state index in [0.717, 1.165) is 55.1 Å². The summed E-state index contributed by atoms with van der Waals surface area (Å²) in [6.07, 6.45) is 5.05. The summed E-state index contributed by atoms with van der Waals surface area (Å²) < 4.78 is 12.9. The van der Waals surface area contributed by atoms with E-state index in [1.807, 2.05) is 41.8 Å². The van der Waals surface area contributed by atoms with Crippen molar-refractivity contribution < 1.29 is 14.3 Å². The van der Waals surface area contributed by atoms with Crippen molar-refractivity contribution >= 4 is 5.91 Å². The molecule has 26 heavy (non-hydrogen) atoms. The predicted octanol–water partition coefficient (Wildman–Crippen LogP) is 3.55. The van der Waals surface area contributed by atoms with Crippen molar-refractivity contribution in [3.8, 4) is 11.5 Å². The van der Waals surface area contributed by atoms with Gasteiger partial charge in [-0.3, -0.25) is 4.79 Å². The Kier molecular flexibility index (Phi) is 4.17. The molecule has 1 amide bonds. The number of hydrogen-bond acceptors (Lipinski definition) is 3. The van der Waals surface area contributed by atoms with Gasteiger partial charge in [-0.2, -0.15) is 0 Å². The zero-order valence-electron chi connectivity index (χ0n) is 15.7. The van der Waals surface area contributed by atoms with Crippen LogP contribution in [-0.2, 0) is 13.5 Å². The van der Waals surface area contributed by atoms with Crippen LogP contribution in [0.25, 0.3) is 0 Å². The Morgan fingerprint density at radius 1 is 1.23 bits per heavy atom. The van der Waals surface area contributed by atoms with Crippen LogP contribution in [0.1, 0.15) is 41.4 Å². The van der Waals surface area contributed by atoms with Crippen molar-refractivity contribution in [2.24, 2.45) is 12.5 Å². The summed E-state index contributed by atoms with van der Waals surface area (Å²) >= 11 is 0. The number of likely N-dealkylation sites (tertiary alicyclic amines) is 1. The second kappa shape index (κ2) is 6.38. The van der Waals surface area contributed by atoms with Gasteiger partial charge in [-0.1, -0.05) is 13.0 Å². The van der Waals surface area contributed by atoms with Crippen molar-refractivity contribution in [1.29, 1.82) is 0 Å². The predicted molar refractivity (Wildman–Crippen MR) is 99.7 cm³/mol. The van der Waals surface area contributed by atoms with Crippen molar-refractivity contribution in [3.63, 3.8) is 0 Å². The molecular formula is C21H26N2O3. The van der Waals surface area contributed by atoms with Crippen LogP contribution in [0, 0.1) is 12.3 Å². The maximum absolute atomic E-state index is 13.0. The van der Waals surface area contributed by atoms with Gasteiger partial charge in [-0.15, -0.1) is 0 Å². The Morgan fingerprint density at radius 2 is 2.04 bits per heavy atom. The number of ether oxygens (including phenoxy) is 2. The third-order valence-electron chi connectivity index (χ3n) is 5.75. The monoisotopic (exact) mass is 354 g/mol. The van der Waals surface area contributed by atoms with Crippen molar-refractivity contribution in [2.75, 3.05) is 19.9 Å². The van der Waals surface area contributed by atoms with Crippen molar-refractivity contribution in [2.45, 2.75) is 33.1 Å². The lowest BCUT2D eigenvalue weighted by Gasteiger charge is -2.40. The van der Waals surface area contributed by atoms with Crippen LogP contribution in [0.2, 0.25) is 0 Å². The van der Waals surface area contributed by atoms with Gasteiger partial charge < -0.3 is 18.9 Å². The van der Waals surface area contributed by atoms with Gasteiger partial charge in [-0.25, -0.2) is 0 Å². The van der Waals surface area contributed by atoms with E-state index in [4.69, 9.17) is 9.47 Å². The SMILES string of the molecule is Cc1c(C(=O)N2CCCC(C)(Cc3ccc4c(c3)OCO4)C2)ccn1C. The highest BCUT2D eigenvalue weighted by molar-refractivity contribution is 5.95. The number of aromatic nitrogens is 1. The average Bonchev–Trinajstić information content (AvgIpc) is 3.21. The van der Waals surface area contributed by atoms with Crippen LogP contribution in [0.4, 0.5) is 0 Å². The molecular weight excluding hydrogens is 328 g/mol. The highest BCUT2D eigenvalue weighted by atomic mass is 16.7. The first-order chi connectivity index (χ1) is 12.5. The summed E-state index contributed by atoms with van der Waals surface area (Å²) in [4.78, 5) is 15.0. The lowest BCUT2D eigenvalue weighted by molar-refractivity contribution is 0.0550. The number of nitrogens with zero attached hydrogens (tertiary/aromatic N) is 2. The van der Waals surface area contributed by atoms with Crippen LogP contribution in [0.3, 0.4) is 0 Å². The lowest BCUT2D eigenvalue weighted by atomic mass is 9.76. The number of fused-ring (bicyclic) bond motifs is 1. The summed E-state index contributed by atoms with van der Waals surface area (Å²) in [5, 5.41) is 0. The molecule has 2 aromatic rings. The molecule has 0 spiro atoms.